The van der Waals surface area contributed by atoms with Gasteiger partial charge in [0.05, 0.1) is 20.8 Å². The maximum Gasteiger partial charge on any atom is 0.278 e. The third-order valence-electron chi connectivity index (χ3n) is 5.72. The zero-order valence-corrected chi connectivity index (χ0v) is 19.0. The Morgan fingerprint density at radius 3 is 2.64 bits per heavy atom. The number of anilines is 1. The number of aromatic nitrogens is 3. The topological polar surface area (TPSA) is 112 Å². The van der Waals surface area contributed by atoms with Crippen LogP contribution in [0.2, 0.25) is 0 Å². The fourth-order valence-corrected chi connectivity index (χ4v) is 3.93. The number of nitrogens with zero attached hydrogens (tertiary/aromatic N) is 3. The summed E-state index contributed by atoms with van der Waals surface area (Å²) in [7, 11) is 4.69. The van der Waals surface area contributed by atoms with Crippen LogP contribution in [0.5, 0.6) is 11.5 Å². The summed E-state index contributed by atoms with van der Waals surface area (Å²) in [4.78, 5) is 30.6. The van der Waals surface area contributed by atoms with Crippen LogP contribution in [0.4, 0.5) is 5.82 Å². The van der Waals surface area contributed by atoms with E-state index in [1.807, 2.05) is 31.2 Å². The van der Waals surface area contributed by atoms with Crippen LogP contribution in [0.1, 0.15) is 21.5 Å². The van der Waals surface area contributed by atoms with Gasteiger partial charge in [-0.25, -0.2) is 4.57 Å². The van der Waals surface area contributed by atoms with Crippen molar-refractivity contribution in [2.24, 2.45) is 0 Å². The summed E-state index contributed by atoms with van der Waals surface area (Å²) >= 11 is 0. The first-order chi connectivity index (χ1) is 15.9. The molecule has 0 aliphatic rings. The average Bonchev–Trinajstić information content (AvgIpc) is 2.83. The van der Waals surface area contributed by atoms with Crippen molar-refractivity contribution in [3.63, 3.8) is 0 Å². The van der Waals surface area contributed by atoms with Gasteiger partial charge in [-0.3, -0.25) is 14.0 Å². The zero-order chi connectivity index (χ0) is 23.7. The molecule has 9 nitrogen and oxygen atoms in total. The van der Waals surface area contributed by atoms with E-state index in [-0.39, 0.29) is 22.8 Å². The molecule has 1 amide bonds. The van der Waals surface area contributed by atoms with Crippen molar-refractivity contribution in [1.29, 1.82) is 0 Å². The zero-order valence-electron chi connectivity index (χ0n) is 19.0. The Kier molecular flexibility index (Phi) is 5.87. The molecule has 3 N–H and O–H groups in total. The van der Waals surface area contributed by atoms with Gasteiger partial charge in [-0.15, -0.1) is 0 Å². The Morgan fingerprint density at radius 1 is 1.18 bits per heavy atom. The molecule has 0 aliphatic carbocycles. The summed E-state index contributed by atoms with van der Waals surface area (Å²) < 4.78 is 13.9. The molecule has 170 valence electrons. The predicted molar refractivity (Wildman–Crippen MR) is 125 cm³/mol. The first-order valence-corrected chi connectivity index (χ1v) is 10.5. The van der Waals surface area contributed by atoms with Gasteiger partial charge in [0.15, 0.2) is 11.5 Å². The predicted octanol–water partition coefficient (Wildman–Crippen LogP) is 1.65. The fraction of sp³-hybridized carbons (Fsp3) is 0.250. The lowest BCUT2D eigenvalue weighted by atomic mass is 10.1. The molecule has 0 atom stereocenters. The number of benzene rings is 1. The largest absolute Gasteiger partial charge is 0.493 e. The first kappa shape index (κ1) is 22.1. The molecule has 4 rings (SSSR count). The van der Waals surface area contributed by atoms with E-state index >= 15 is 0 Å². The maximum absolute atomic E-state index is 13.3. The Hall–Kier alpha value is -4.14. The number of carbonyl (C=O) groups excluding carboxylic acids is 1. The minimum absolute atomic E-state index is 0.226. The molecular formula is C24H26N5O4+. The van der Waals surface area contributed by atoms with E-state index in [9.17, 15) is 9.59 Å². The van der Waals surface area contributed by atoms with E-state index < -0.39 is 0 Å². The second kappa shape index (κ2) is 8.78. The second-order valence-corrected chi connectivity index (χ2v) is 7.65. The summed E-state index contributed by atoms with van der Waals surface area (Å²) in [5.74, 6) is 1.13. The van der Waals surface area contributed by atoms with Gasteiger partial charge < -0.3 is 20.5 Å². The number of methoxy groups -OCH3 is 2. The number of aryl methyl sites for hydroxylation is 3. The summed E-state index contributed by atoms with van der Waals surface area (Å²) in [6.45, 7) is 2.29. The number of pyridine rings is 2. The van der Waals surface area contributed by atoms with Crippen LogP contribution in [-0.4, -0.2) is 36.6 Å². The SMILES string of the molecule is CNC(=O)c1cc2c(=O)n3cccc(C)c3nc2[n+](CCc2ccc(OC)c(OC)c2)c1N. The standard InChI is InChI=1S/C24H25N5O4/c1-14-6-5-10-29-21(14)27-22-17(24(29)31)13-16(23(30)26-2)20(25)28(22)11-9-15-7-8-18(32-3)19(12-15)33-4/h5-8,10,12-13,25H,9,11H2,1-4H3,(H,26,30)/p+1. The number of nitrogens with two attached hydrogens (primary N) is 1. The van der Waals surface area contributed by atoms with Gasteiger partial charge in [-0.2, -0.15) is 0 Å². The summed E-state index contributed by atoms with van der Waals surface area (Å²) in [6.07, 6.45) is 2.23. The molecule has 33 heavy (non-hydrogen) atoms. The monoisotopic (exact) mass is 448 g/mol. The van der Waals surface area contributed by atoms with E-state index in [0.29, 0.717) is 41.1 Å². The number of rotatable bonds is 6. The van der Waals surface area contributed by atoms with E-state index in [1.54, 1.807) is 31.0 Å². The molecular weight excluding hydrogens is 422 g/mol. The number of fused-ring (bicyclic) bond motifs is 2. The number of nitrogens with one attached hydrogen (secondary N) is 1. The minimum Gasteiger partial charge on any atom is -0.493 e. The van der Waals surface area contributed by atoms with Crippen LogP contribution in [-0.2, 0) is 13.0 Å². The minimum atomic E-state index is -0.372. The van der Waals surface area contributed by atoms with Crippen molar-refractivity contribution >= 4 is 28.4 Å². The van der Waals surface area contributed by atoms with E-state index in [1.165, 1.54) is 17.5 Å². The van der Waals surface area contributed by atoms with E-state index in [2.05, 4.69) is 5.32 Å². The van der Waals surface area contributed by atoms with Crippen LogP contribution < -0.4 is 30.7 Å². The Labute approximate surface area is 190 Å². The smallest absolute Gasteiger partial charge is 0.278 e. The summed E-state index contributed by atoms with van der Waals surface area (Å²) in [5.41, 5.74) is 9.21. The van der Waals surface area contributed by atoms with Crippen LogP contribution >= 0.6 is 0 Å². The highest BCUT2D eigenvalue weighted by Gasteiger charge is 2.24. The van der Waals surface area contributed by atoms with Crippen molar-refractivity contribution in [2.45, 2.75) is 19.9 Å². The van der Waals surface area contributed by atoms with Crippen molar-refractivity contribution in [3.05, 3.63) is 69.6 Å². The van der Waals surface area contributed by atoms with Crippen LogP contribution in [0.3, 0.4) is 0 Å². The molecule has 0 unspecified atom stereocenters. The Morgan fingerprint density at radius 2 is 1.94 bits per heavy atom. The van der Waals surface area contributed by atoms with Gasteiger partial charge in [0.1, 0.15) is 10.9 Å². The number of carbonyl (C=O) groups is 1. The van der Waals surface area contributed by atoms with Gasteiger partial charge in [0.25, 0.3) is 17.1 Å². The highest BCUT2D eigenvalue weighted by molar-refractivity contribution is 6.00. The number of nitrogen functional groups attached to an aromatic ring is 1. The van der Waals surface area contributed by atoms with Crippen LogP contribution in [0.15, 0.2) is 47.4 Å². The van der Waals surface area contributed by atoms with Crippen LogP contribution in [0, 0.1) is 6.92 Å². The van der Waals surface area contributed by atoms with Gasteiger partial charge in [-0.05, 0) is 36.8 Å². The van der Waals surface area contributed by atoms with E-state index in [0.717, 1.165) is 11.1 Å². The summed E-state index contributed by atoms with van der Waals surface area (Å²) in [6, 6.07) is 10.9. The molecule has 0 bridgehead atoms. The summed E-state index contributed by atoms with van der Waals surface area (Å²) in [5, 5.41) is 2.91. The number of hydrogen-bond acceptors (Lipinski definition) is 6. The molecule has 4 aromatic rings. The first-order valence-electron chi connectivity index (χ1n) is 10.5. The highest BCUT2D eigenvalue weighted by atomic mass is 16.5. The molecule has 9 heteroatoms. The Bertz CT molecular complexity index is 1450. The fourth-order valence-electron chi connectivity index (χ4n) is 3.93. The van der Waals surface area contributed by atoms with Gasteiger partial charge in [-0.1, -0.05) is 17.1 Å². The molecule has 0 spiro atoms. The number of hydrogen-bond donors (Lipinski definition) is 2. The lowest BCUT2D eigenvalue weighted by Gasteiger charge is -2.13. The average molecular weight is 449 g/mol. The molecule has 0 saturated heterocycles. The lowest BCUT2D eigenvalue weighted by molar-refractivity contribution is -0.658. The quantitative estimate of drug-likeness (QED) is 0.343. The molecule has 0 saturated carbocycles. The molecule has 0 aliphatic heterocycles. The molecule has 1 aromatic carbocycles. The van der Waals surface area contributed by atoms with Gasteiger partial charge >= 0.3 is 0 Å². The maximum atomic E-state index is 13.3. The van der Waals surface area contributed by atoms with Crippen molar-refractivity contribution in [3.8, 4) is 11.5 Å². The van der Waals surface area contributed by atoms with E-state index in [4.69, 9.17) is 20.2 Å². The third kappa shape index (κ3) is 3.82. The lowest BCUT2D eigenvalue weighted by Crippen LogP contribution is -2.43. The van der Waals surface area contributed by atoms with Crippen molar-refractivity contribution in [2.75, 3.05) is 27.0 Å². The van der Waals surface area contributed by atoms with Crippen LogP contribution in [0.25, 0.3) is 16.7 Å². The van der Waals surface area contributed by atoms with Gasteiger partial charge in [0, 0.05) is 25.2 Å². The second-order valence-electron chi connectivity index (χ2n) is 7.65. The number of ether oxygens (including phenoxy) is 2. The third-order valence-corrected chi connectivity index (χ3v) is 5.72. The molecule has 0 fully saturated rings. The normalized spacial score (nSPS) is 11.0. The Balaban J connectivity index is 1.91. The molecule has 3 aromatic heterocycles. The number of amides is 1. The molecule has 3 heterocycles. The van der Waals surface area contributed by atoms with Crippen molar-refractivity contribution < 1.29 is 18.8 Å². The highest BCUT2D eigenvalue weighted by Crippen LogP contribution is 2.27. The molecule has 0 radical (unpaired) electrons. The van der Waals surface area contributed by atoms with Gasteiger partial charge in [0.2, 0.25) is 11.5 Å². The van der Waals surface area contributed by atoms with Crippen molar-refractivity contribution in [1.82, 2.24) is 14.7 Å².